The molecule has 0 amide bonds. The molecule has 0 bridgehead atoms. The molecule has 2 nitrogen and oxygen atoms in total. The van der Waals surface area contributed by atoms with E-state index in [2.05, 4.69) is 42.6 Å². The molecule has 0 aliphatic carbocycles. The molecule has 3 rings (SSSR count). The summed E-state index contributed by atoms with van der Waals surface area (Å²) in [6.07, 6.45) is 2.10. The maximum atomic E-state index is 6.19. The summed E-state index contributed by atoms with van der Waals surface area (Å²) in [5, 5.41) is 3.91. The summed E-state index contributed by atoms with van der Waals surface area (Å²) in [7, 11) is 1.94. The van der Waals surface area contributed by atoms with E-state index in [1.54, 1.807) is 11.8 Å². The lowest BCUT2D eigenvalue weighted by Gasteiger charge is -2.16. The standard InChI is InChI=1S/C18H18ClNOS/c1-12(20-2)11-21-16-9-13-5-3-4-6-17(13)22-18-8-7-14(19)10-15(16)18/h3-10,12,20H,11H2,1-2H3. The Morgan fingerprint density at radius 3 is 2.82 bits per heavy atom. The van der Waals surface area contributed by atoms with Crippen molar-refractivity contribution in [1.82, 2.24) is 5.32 Å². The van der Waals surface area contributed by atoms with E-state index in [4.69, 9.17) is 16.3 Å². The second-order valence-electron chi connectivity index (χ2n) is 5.29. The molecule has 114 valence electrons. The Hall–Kier alpha value is -1.42. The third-order valence-corrected chi connectivity index (χ3v) is 5.02. The Bertz CT molecular complexity index is 714. The van der Waals surface area contributed by atoms with Crippen molar-refractivity contribution >= 4 is 35.2 Å². The van der Waals surface area contributed by atoms with Crippen molar-refractivity contribution in [3.05, 3.63) is 58.6 Å². The molecular weight excluding hydrogens is 314 g/mol. The van der Waals surface area contributed by atoms with Crippen molar-refractivity contribution < 1.29 is 4.74 Å². The summed E-state index contributed by atoms with van der Waals surface area (Å²) >= 11 is 7.94. The van der Waals surface area contributed by atoms with Gasteiger partial charge in [0.05, 0.1) is 0 Å². The normalized spacial score (nSPS) is 14.4. The first-order valence-corrected chi connectivity index (χ1v) is 8.45. The summed E-state index contributed by atoms with van der Waals surface area (Å²) in [5.74, 6) is 0.872. The molecule has 1 atom stereocenters. The number of nitrogens with one attached hydrogen (secondary N) is 1. The smallest absolute Gasteiger partial charge is 0.128 e. The van der Waals surface area contributed by atoms with Crippen LogP contribution in [0.3, 0.4) is 0 Å². The van der Waals surface area contributed by atoms with Gasteiger partial charge in [-0.2, -0.15) is 0 Å². The predicted octanol–water partition coefficient (Wildman–Crippen LogP) is 4.93. The van der Waals surface area contributed by atoms with Crippen LogP contribution >= 0.6 is 23.4 Å². The number of likely N-dealkylation sites (N-methyl/N-ethyl adjacent to an activating group) is 1. The molecule has 1 unspecified atom stereocenters. The Kier molecular flexibility index (Phi) is 4.77. The number of ether oxygens (including phenoxy) is 1. The maximum absolute atomic E-state index is 6.19. The van der Waals surface area contributed by atoms with Gasteiger partial charge in [-0.1, -0.05) is 41.6 Å². The molecule has 0 saturated carbocycles. The number of rotatable bonds is 4. The molecule has 1 N–H and O–H groups in total. The van der Waals surface area contributed by atoms with Gasteiger partial charge in [0.2, 0.25) is 0 Å². The van der Waals surface area contributed by atoms with E-state index >= 15 is 0 Å². The lowest BCUT2D eigenvalue weighted by molar-refractivity contribution is 0.245. The van der Waals surface area contributed by atoms with Crippen molar-refractivity contribution in [2.24, 2.45) is 0 Å². The van der Waals surface area contributed by atoms with E-state index in [1.807, 2.05) is 25.2 Å². The SMILES string of the molecule is CNC(C)COC1=Cc2ccccc2Sc2ccc(Cl)cc21. The number of halogens is 1. The molecule has 22 heavy (non-hydrogen) atoms. The van der Waals surface area contributed by atoms with Crippen LogP contribution in [-0.2, 0) is 4.74 Å². The Morgan fingerprint density at radius 2 is 2.00 bits per heavy atom. The summed E-state index contributed by atoms with van der Waals surface area (Å²) in [6.45, 7) is 2.71. The van der Waals surface area contributed by atoms with Crippen molar-refractivity contribution in [2.45, 2.75) is 22.8 Å². The first-order valence-electron chi connectivity index (χ1n) is 7.26. The minimum atomic E-state index is 0.287. The Balaban J connectivity index is 2.04. The number of hydrogen-bond acceptors (Lipinski definition) is 3. The fourth-order valence-corrected chi connectivity index (χ4v) is 3.44. The van der Waals surface area contributed by atoms with Crippen LogP contribution in [0.5, 0.6) is 0 Å². The fourth-order valence-electron chi connectivity index (χ4n) is 2.23. The lowest BCUT2D eigenvalue weighted by Crippen LogP contribution is -2.26. The van der Waals surface area contributed by atoms with Crippen LogP contribution in [0.25, 0.3) is 11.8 Å². The highest BCUT2D eigenvalue weighted by atomic mass is 35.5. The van der Waals surface area contributed by atoms with Gasteiger partial charge in [0.1, 0.15) is 12.4 Å². The van der Waals surface area contributed by atoms with E-state index in [-0.39, 0.29) is 6.04 Å². The van der Waals surface area contributed by atoms with E-state index in [9.17, 15) is 0 Å². The third kappa shape index (κ3) is 3.32. The van der Waals surface area contributed by atoms with Crippen LogP contribution in [0.1, 0.15) is 18.1 Å². The average molecular weight is 332 g/mol. The maximum Gasteiger partial charge on any atom is 0.128 e. The fraction of sp³-hybridized carbons (Fsp3) is 0.222. The van der Waals surface area contributed by atoms with Gasteiger partial charge in [0.25, 0.3) is 0 Å². The van der Waals surface area contributed by atoms with E-state index in [1.165, 1.54) is 10.5 Å². The molecule has 0 aromatic heterocycles. The van der Waals surface area contributed by atoms with Crippen molar-refractivity contribution in [3.8, 4) is 0 Å². The first kappa shape index (κ1) is 15.5. The summed E-state index contributed by atoms with van der Waals surface area (Å²) in [6, 6.07) is 14.6. The van der Waals surface area contributed by atoms with Crippen molar-refractivity contribution in [2.75, 3.05) is 13.7 Å². The minimum Gasteiger partial charge on any atom is -0.491 e. The highest BCUT2D eigenvalue weighted by Crippen LogP contribution is 2.41. The molecule has 0 radical (unpaired) electrons. The lowest BCUT2D eigenvalue weighted by atomic mass is 10.1. The number of fused-ring (bicyclic) bond motifs is 2. The van der Waals surface area contributed by atoms with Crippen LogP contribution in [0.15, 0.2) is 52.3 Å². The molecule has 1 heterocycles. The quantitative estimate of drug-likeness (QED) is 0.858. The largest absolute Gasteiger partial charge is 0.491 e. The topological polar surface area (TPSA) is 21.3 Å². The second kappa shape index (κ2) is 6.78. The predicted molar refractivity (Wildman–Crippen MR) is 94.4 cm³/mol. The molecular formula is C18H18ClNOS. The number of benzene rings is 2. The third-order valence-electron chi connectivity index (χ3n) is 3.61. The van der Waals surface area contributed by atoms with Crippen LogP contribution in [0.4, 0.5) is 0 Å². The number of hydrogen-bond donors (Lipinski definition) is 1. The molecule has 0 fully saturated rings. The molecule has 1 aliphatic heterocycles. The van der Waals surface area contributed by atoms with Crippen LogP contribution in [-0.4, -0.2) is 19.7 Å². The monoisotopic (exact) mass is 331 g/mol. The van der Waals surface area contributed by atoms with Crippen molar-refractivity contribution in [3.63, 3.8) is 0 Å². The van der Waals surface area contributed by atoms with Gasteiger partial charge < -0.3 is 10.1 Å². The Labute approximate surface area is 140 Å². The van der Waals surface area contributed by atoms with E-state index in [0.717, 1.165) is 21.2 Å². The van der Waals surface area contributed by atoms with E-state index < -0.39 is 0 Å². The van der Waals surface area contributed by atoms with Gasteiger partial charge in [-0.15, -0.1) is 0 Å². The highest BCUT2D eigenvalue weighted by Gasteiger charge is 2.17. The van der Waals surface area contributed by atoms with Gasteiger partial charge in [-0.3, -0.25) is 0 Å². The van der Waals surface area contributed by atoms with Crippen LogP contribution in [0.2, 0.25) is 5.02 Å². The summed E-state index contributed by atoms with van der Waals surface area (Å²) in [4.78, 5) is 2.39. The van der Waals surface area contributed by atoms with Gasteiger partial charge in [0, 0.05) is 26.4 Å². The zero-order valence-corrected chi connectivity index (χ0v) is 14.2. The molecule has 0 spiro atoms. The van der Waals surface area contributed by atoms with Crippen molar-refractivity contribution in [1.29, 1.82) is 0 Å². The molecule has 2 aromatic carbocycles. The molecule has 1 aliphatic rings. The van der Waals surface area contributed by atoms with Crippen LogP contribution < -0.4 is 5.32 Å². The average Bonchev–Trinajstić information content (AvgIpc) is 2.69. The van der Waals surface area contributed by atoms with Gasteiger partial charge >= 0.3 is 0 Å². The van der Waals surface area contributed by atoms with Crippen LogP contribution in [0, 0.1) is 0 Å². The van der Waals surface area contributed by atoms with Gasteiger partial charge in [-0.25, -0.2) is 0 Å². The first-order chi connectivity index (χ1) is 10.7. The second-order valence-corrected chi connectivity index (χ2v) is 6.81. The van der Waals surface area contributed by atoms with Gasteiger partial charge in [0.15, 0.2) is 0 Å². The highest BCUT2D eigenvalue weighted by molar-refractivity contribution is 7.99. The summed E-state index contributed by atoms with van der Waals surface area (Å²) in [5.41, 5.74) is 2.23. The minimum absolute atomic E-state index is 0.287. The molecule has 0 saturated heterocycles. The van der Waals surface area contributed by atoms with E-state index in [0.29, 0.717) is 6.61 Å². The zero-order chi connectivity index (χ0) is 15.5. The Morgan fingerprint density at radius 1 is 1.18 bits per heavy atom. The molecule has 2 aromatic rings. The zero-order valence-electron chi connectivity index (χ0n) is 12.6. The summed E-state index contributed by atoms with van der Waals surface area (Å²) < 4.78 is 6.08. The molecule has 4 heteroatoms. The van der Waals surface area contributed by atoms with Gasteiger partial charge in [-0.05, 0) is 49.9 Å².